The number of carbonyl (C=O) groups is 1. The molecule has 0 aromatic rings. The Labute approximate surface area is 109 Å². The summed E-state index contributed by atoms with van der Waals surface area (Å²) in [5, 5.41) is 3.27. The van der Waals surface area contributed by atoms with Crippen molar-refractivity contribution in [2.75, 3.05) is 37.7 Å². The Bertz CT molecular complexity index is 411. The van der Waals surface area contributed by atoms with Gasteiger partial charge in [-0.15, -0.1) is 0 Å². The molecular weight excluding hydrogens is 252 g/mol. The standard InChI is InChI=1S/C12H22N2O3S/c1-10(2)12(3-4-13-9-12)11(15)14-5-7-18(16,17)8-6-14/h10,13H,3-9H2,1-2H3. The van der Waals surface area contributed by atoms with Crippen LogP contribution in [0.1, 0.15) is 20.3 Å². The van der Waals surface area contributed by atoms with Crippen molar-refractivity contribution in [3.63, 3.8) is 0 Å². The van der Waals surface area contributed by atoms with Crippen LogP contribution in [0.2, 0.25) is 0 Å². The van der Waals surface area contributed by atoms with Gasteiger partial charge in [-0.05, 0) is 18.9 Å². The number of amides is 1. The third-order valence-corrected chi connectivity index (χ3v) is 5.96. The largest absolute Gasteiger partial charge is 0.340 e. The van der Waals surface area contributed by atoms with Crippen LogP contribution >= 0.6 is 0 Å². The minimum Gasteiger partial charge on any atom is -0.340 e. The van der Waals surface area contributed by atoms with Crippen LogP contribution in [0.25, 0.3) is 0 Å². The van der Waals surface area contributed by atoms with Crippen molar-refractivity contribution in [2.24, 2.45) is 11.3 Å². The molecule has 1 amide bonds. The van der Waals surface area contributed by atoms with E-state index in [-0.39, 0.29) is 28.7 Å². The SMILES string of the molecule is CC(C)C1(C(=O)N2CCS(=O)(=O)CC2)CCNC1. The van der Waals surface area contributed by atoms with Crippen LogP contribution in [-0.4, -0.2) is 56.9 Å². The van der Waals surface area contributed by atoms with E-state index in [1.54, 1.807) is 4.90 Å². The fourth-order valence-electron chi connectivity index (χ4n) is 2.86. The van der Waals surface area contributed by atoms with Crippen molar-refractivity contribution in [2.45, 2.75) is 20.3 Å². The molecule has 2 heterocycles. The van der Waals surface area contributed by atoms with Crippen molar-refractivity contribution in [3.05, 3.63) is 0 Å². The number of carbonyl (C=O) groups excluding carboxylic acids is 1. The Balaban J connectivity index is 2.11. The van der Waals surface area contributed by atoms with Gasteiger partial charge in [0.05, 0.1) is 16.9 Å². The molecule has 0 aliphatic carbocycles. The summed E-state index contributed by atoms with van der Waals surface area (Å²) in [4.78, 5) is 14.4. The maximum Gasteiger partial charge on any atom is 0.230 e. The molecule has 2 aliphatic rings. The van der Waals surface area contributed by atoms with Crippen LogP contribution < -0.4 is 5.32 Å². The Morgan fingerprint density at radius 2 is 1.89 bits per heavy atom. The van der Waals surface area contributed by atoms with Gasteiger partial charge in [-0.25, -0.2) is 8.42 Å². The Hall–Kier alpha value is -0.620. The fourth-order valence-corrected chi connectivity index (χ4v) is 4.07. The predicted molar refractivity (Wildman–Crippen MR) is 70.0 cm³/mol. The summed E-state index contributed by atoms with van der Waals surface area (Å²) in [5.41, 5.74) is -0.332. The fraction of sp³-hybridized carbons (Fsp3) is 0.917. The third kappa shape index (κ3) is 2.40. The van der Waals surface area contributed by atoms with Gasteiger partial charge in [-0.2, -0.15) is 0 Å². The van der Waals surface area contributed by atoms with Gasteiger partial charge < -0.3 is 10.2 Å². The second-order valence-electron chi connectivity index (χ2n) is 5.68. The number of nitrogens with zero attached hydrogens (tertiary/aromatic N) is 1. The van der Waals surface area contributed by atoms with E-state index in [4.69, 9.17) is 0 Å². The molecule has 18 heavy (non-hydrogen) atoms. The summed E-state index contributed by atoms with van der Waals surface area (Å²) in [7, 11) is -2.92. The van der Waals surface area contributed by atoms with Gasteiger partial charge in [0, 0.05) is 19.6 Å². The number of hydrogen-bond acceptors (Lipinski definition) is 4. The van der Waals surface area contributed by atoms with Gasteiger partial charge in [0.15, 0.2) is 9.84 Å². The highest BCUT2D eigenvalue weighted by molar-refractivity contribution is 7.91. The summed E-state index contributed by atoms with van der Waals surface area (Å²) in [5.74, 6) is 0.636. The Morgan fingerprint density at radius 3 is 2.33 bits per heavy atom. The number of nitrogens with one attached hydrogen (secondary N) is 1. The van der Waals surface area contributed by atoms with E-state index in [2.05, 4.69) is 19.2 Å². The molecule has 1 N–H and O–H groups in total. The first-order chi connectivity index (χ1) is 8.37. The molecule has 2 aliphatic heterocycles. The quantitative estimate of drug-likeness (QED) is 0.762. The first-order valence-electron chi connectivity index (χ1n) is 6.58. The molecule has 0 spiro atoms. The molecule has 0 aromatic carbocycles. The first kappa shape index (κ1) is 13.8. The van der Waals surface area contributed by atoms with Crippen LogP contribution in [-0.2, 0) is 14.6 Å². The predicted octanol–water partition coefficient (Wildman–Crippen LogP) is -0.121. The smallest absolute Gasteiger partial charge is 0.230 e. The van der Waals surface area contributed by atoms with E-state index in [0.717, 1.165) is 13.0 Å². The molecule has 6 heteroatoms. The topological polar surface area (TPSA) is 66.5 Å². The van der Waals surface area contributed by atoms with E-state index in [9.17, 15) is 13.2 Å². The lowest BCUT2D eigenvalue weighted by Gasteiger charge is -2.38. The normalized spacial score (nSPS) is 31.8. The van der Waals surface area contributed by atoms with Gasteiger partial charge in [-0.3, -0.25) is 4.79 Å². The summed E-state index contributed by atoms with van der Waals surface area (Å²) < 4.78 is 22.8. The third-order valence-electron chi connectivity index (χ3n) is 4.35. The average molecular weight is 274 g/mol. The number of hydrogen-bond donors (Lipinski definition) is 1. The van der Waals surface area contributed by atoms with Gasteiger partial charge in [0.2, 0.25) is 5.91 Å². The Kier molecular flexibility index (Phi) is 3.69. The van der Waals surface area contributed by atoms with Crippen molar-refractivity contribution in [1.82, 2.24) is 10.2 Å². The van der Waals surface area contributed by atoms with Crippen LogP contribution in [0.5, 0.6) is 0 Å². The molecular formula is C12H22N2O3S. The van der Waals surface area contributed by atoms with Crippen LogP contribution in [0.3, 0.4) is 0 Å². The summed E-state index contributed by atoms with van der Waals surface area (Å²) in [6, 6.07) is 0. The van der Waals surface area contributed by atoms with E-state index in [0.29, 0.717) is 19.6 Å². The van der Waals surface area contributed by atoms with Crippen LogP contribution in [0.15, 0.2) is 0 Å². The van der Waals surface area contributed by atoms with Gasteiger partial charge >= 0.3 is 0 Å². The maximum absolute atomic E-state index is 12.7. The minimum absolute atomic E-state index is 0.111. The maximum atomic E-state index is 12.7. The lowest BCUT2D eigenvalue weighted by atomic mass is 9.75. The summed E-state index contributed by atoms with van der Waals surface area (Å²) >= 11 is 0. The molecule has 0 radical (unpaired) electrons. The molecule has 2 saturated heterocycles. The number of rotatable bonds is 2. The lowest BCUT2D eigenvalue weighted by molar-refractivity contribution is -0.143. The highest BCUT2D eigenvalue weighted by atomic mass is 32.2. The molecule has 2 fully saturated rings. The monoisotopic (exact) mass is 274 g/mol. The minimum atomic E-state index is -2.92. The van der Waals surface area contributed by atoms with E-state index in [1.807, 2.05) is 0 Å². The zero-order chi connectivity index (χ0) is 13.4. The summed E-state index contributed by atoms with van der Waals surface area (Å²) in [6.07, 6.45) is 0.854. The second-order valence-corrected chi connectivity index (χ2v) is 7.99. The first-order valence-corrected chi connectivity index (χ1v) is 8.40. The van der Waals surface area contributed by atoms with Crippen molar-refractivity contribution < 1.29 is 13.2 Å². The molecule has 1 unspecified atom stereocenters. The molecule has 0 bridgehead atoms. The van der Waals surface area contributed by atoms with Crippen LogP contribution in [0, 0.1) is 11.3 Å². The Morgan fingerprint density at radius 1 is 1.28 bits per heavy atom. The molecule has 1 atom stereocenters. The van der Waals surface area contributed by atoms with Crippen LogP contribution in [0.4, 0.5) is 0 Å². The van der Waals surface area contributed by atoms with Gasteiger partial charge in [-0.1, -0.05) is 13.8 Å². The van der Waals surface area contributed by atoms with Crippen molar-refractivity contribution in [1.29, 1.82) is 0 Å². The van der Waals surface area contributed by atoms with Crippen molar-refractivity contribution in [3.8, 4) is 0 Å². The summed E-state index contributed by atoms with van der Waals surface area (Å²) in [6.45, 7) is 6.45. The second kappa shape index (κ2) is 4.81. The molecule has 0 aromatic heterocycles. The zero-order valence-corrected chi connectivity index (χ0v) is 11.9. The molecule has 0 saturated carbocycles. The van der Waals surface area contributed by atoms with Crippen molar-refractivity contribution >= 4 is 15.7 Å². The molecule has 2 rings (SSSR count). The molecule has 104 valence electrons. The van der Waals surface area contributed by atoms with Gasteiger partial charge in [0.1, 0.15) is 0 Å². The average Bonchev–Trinajstić information content (AvgIpc) is 2.78. The highest BCUT2D eigenvalue weighted by Crippen LogP contribution is 2.36. The number of sulfone groups is 1. The van der Waals surface area contributed by atoms with E-state index >= 15 is 0 Å². The van der Waals surface area contributed by atoms with E-state index in [1.165, 1.54) is 0 Å². The van der Waals surface area contributed by atoms with E-state index < -0.39 is 9.84 Å². The van der Waals surface area contributed by atoms with Gasteiger partial charge in [0.25, 0.3) is 0 Å². The lowest BCUT2D eigenvalue weighted by Crippen LogP contribution is -2.52. The molecule has 5 nitrogen and oxygen atoms in total. The highest BCUT2D eigenvalue weighted by Gasteiger charge is 2.46. The zero-order valence-electron chi connectivity index (χ0n) is 11.1.